The molecule has 140 valence electrons. The van der Waals surface area contributed by atoms with Gasteiger partial charge in [-0.15, -0.1) is 0 Å². The molecule has 1 N–H and O–H groups in total. The molecule has 0 atom stereocenters. The van der Waals surface area contributed by atoms with E-state index >= 15 is 0 Å². The minimum absolute atomic E-state index is 0.111. The van der Waals surface area contributed by atoms with Gasteiger partial charge in [-0.25, -0.2) is 4.39 Å². The lowest BCUT2D eigenvalue weighted by molar-refractivity contribution is 0.102. The Morgan fingerprint density at radius 3 is 2.63 bits per heavy atom. The van der Waals surface area contributed by atoms with Crippen molar-refractivity contribution in [1.29, 1.82) is 0 Å². The topological polar surface area (TPSA) is 73.6 Å². The van der Waals surface area contributed by atoms with E-state index in [0.29, 0.717) is 22.8 Å². The number of para-hydroxylation sites is 1. The molecule has 0 aliphatic rings. The Morgan fingerprint density at radius 1 is 1.19 bits per heavy atom. The maximum Gasteiger partial charge on any atom is 0.255 e. The normalized spacial score (nSPS) is 10.5. The number of methoxy groups -OCH3 is 1. The number of carbonyl (C=O) groups excluding carboxylic acids is 1. The molecule has 3 aromatic rings. The number of aromatic nitrogens is 1. The van der Waals surface area contributed by atoms with Gasteiger partial charge >= 0.3 is 0 Å². The minimum Gasteiger partial charge on any atom is -0.493 e. The molecule has 0 bridgehead atoms. The van der Waals surface area contributed by atoms with Gasteiger partial charge in [0.15, 0.2) is 11.5 Å². The zero-order valence-corrected chi connectivity index (χ0v) is 15.2. The van der Waals surface area contributed by atoms with E-state index in [1.54, 1.807) is 30.3 Å². The van der Waals surface area contributed by atoms with Crippen LogP contribution in [-0.4, -0.2) is 18.2 Å². The van der Waals surface area contributed by atoms with Gasteiger partial charge in [-0.1, -0.05) is 17.3 Å². The predicted octanol–water partition coefficient (Wildman–Crippen LogP) is 4.27. The summed E-state index contributed by atoms with van der Waals surface area (Å²) in [6.45, 7) is 3.91. The summed E-state index contributed by atoms with van der Waals surface area (Å²) in [5.74, 6) is 0.600. The van der Waals surface area contributed by atoms with E-state index in [4.69, 9.17) is 14.0 Å². The molecule has 0 spiro atoms. The molecule has 27 heavy (non-hydrogen) atoms. The van der Waals surface area contributed by atoms with E-state index in [-0.39, 0.29) is 12.3 Å². The summed E-state index contributed by atoms with van der Waals surface area (Å²) < 4.78 is 29.9. The van der Waals surface area contributed by atoms with Crippen LogP contribution in [0.1, 0.15) is 27.4 Å². The van der Waals surface area contributed by atoms with Crippen molar-refractivity contribution in [3.63, 3.8) is 0 Å². The van der Waals surface area contributed by atoms with Gasteiger partial charge in [0.05, 0.1) is 24.1 Å². The van der Waals surface area contributed by atoms with E-state index in [2.05, 4.69) is 10.5 Å². The SMILES string of the molecule is COc1cc(C(=O)Nc2ccccc2F)ccc1OCc1c(C)noc1C. The van der Waals surface area contributed by atoms with Crippen molar-refractivity contribution in [2.45, 2.75) is 20.5 Å². The molecule has 0 saturated carbocycles. The average molecular weight is 370 g/mol. The smallest absolute Gasteiger partial charge is 0.255 e. The van der Waals surface area contributed by atoms with Crippen LogP contribution in [0.2, 0.25) is 0 Å². The highest BCUT2D eigenvalue weighted by Gasteiger charge is 2.15. The molecule has 1 aromatic heterocycles. The van der Waals surface area contributed by atoms with Crippen molar-refractivity contribution >= 4 is 11.6 Å². The highest BCUT2D eigenvalue weighted by atomic mass is 19.1. The number of hydrogen-bond acceptors (Lipinski definition) is 5. The molecule has 3 rings (SSSR count). The molecule has 0 unspecified atom stereocenters. The van der Waals surface area contributed by atoms with Gasteiger partial charge in [-0.05, 0) is 44.2 Å². The molecule has 6 nitrogen and oxygen atoms in total. The van der Waals surface area contributed by atoms with Crippen molar-refractivity contribution in [1.82, 2.24) is 5.16 Å². The Morgan fingerprint density at radius 2 is 1.96 bits per heavy atom. The third kappa shape index (κ3) is 4.08. The molecule has 1 heterocycles. The van der Waals surface area contributed by atoms with Crippen molar-refractivity contribution in [3.05, 3.63) is 70.9 Å². The Bertz CT molecular complexity index is 949. The molecule has 0 aliphatic heterocycles. The second kappa shape index (κ2) is 7.90. The van der Waals surface area contributed by atoms with Crippen LogP contribution < -0.4 is 14.8 Å². The largest absolute Gasteiger partial charge is 0.493 e. The summed E-state index contributed by atoms with van der Waals surface area (Å²) in [7, 11) is 1.48. The molecular weight excluding hydrogens is 351 g/mol. The molecule has 7 heteroatoms. The molecule has 1 amide bonds. The number of hydrogen-bond donors (Lipinski definition) is 1. The fraction of sp³-hybridized carbons (Fsp3) is 0.200. The average Bonchev–Trinajstić information content (AvgIpc) is 2.99. The zero-order valence-electron chi connectivity index (χ0n) is 15.2. The first-order chi connectivity index (χ1) is 13.0. The van der Waals surface area contributed by atoms with Crippen LogP contribution in [0.3, 0.4) is 0 Å². The van der Waals surface area contributed by atoms with Gasteiger partial charge in [0.25, 0.3) is 5.91 Å². The number of carbonyl (C=O) groups is 1. The van der Waals surface area contributed by atoms with Gasteiger partial charge < -0.3 is 19.3 Å². The second-order valence-corrected chi connectivity index (χ2v) is 5.89. The Balaban J connectivity index is 1.75. The van der Waals surface area contributed by atoms with Crippen molar-refractivity contribution < 1.29 is 23.2 Å². The number of rotatable bonds is 6. The number of aryl methyl sites for hydroxylation is 2. The molecular formula is C20H19FN2O4. The third-order valence-electron chi connectivity index (χ3n) is 4.10. The van der Waals surface area contributed by atoms with Gasteiger partial charge in [-0.2, -0.15) is 0 Å². The lowest BCUT2D eigenvalue weighted by atomic mass is 10.1. The molecule has 0 fully saturated rings. The van der Waals surface area contributed by atoms with Crippen LogP contribution in [0.25, 0.3) is 0 Å². The van der Waals surface area contributed by atoms with Gasteiger partial charge in [0, 0.05) is 5.56 Å². The van der Waals surface area contributed by atoms with Crippen LogP contribution in [-0.2, 0) is 6.61 Å². The Labute approximate surface area is 155 Å². The quantitative estimate of drug-likeness (QED) is 0.701. The van der Waals surface area contributed by atoms with Crippen molar-refractivity contribution in [2.24, 2.45) is 0 Å². The first-order valence-electron chi connectivity index (χ1n) is 8.28. The summed E-state index contributed by atoms with van der Waals surface area (Å²) in [6.07, 6.45) is 0. The highest BCUT2D eigenvalue weighted by Crippen LogP contribution is 2.30. The summed E-state index contributed by atoms with van der Waals surface area (Å²) >= 11 is 0. The van der Waals surface area contributed by atoms with Crippen LogP contribution in [0, 0.1) is 19.7 Å². The van der Waals surface area contributed by atoms with E-state index < -0.39 is 11.7 Å². The minimum atomic E-state index is -0.503. The molecule has 2 aromatic carbocycles. The zero-order chi connectivity index (χ0) is 19.4. The lowest BCUT2D eigenvalue weighted by Crippen LogP contribution is -2.13. The first-order valence-corrected chi connectivity index (χ1v) is 8.28. The number of nitrogens with one attached hydrogen (secondary N) is 1. The molecule has 0 radical (unpaired) electrons. The summed E-state index contributed by atoms with van der Waals surface area (Å²) in [5.41, 5.74) is 2.05. The number of benzene rings is 2. The van der Waals surface area contributed by atoms with E-state index in [9.17, 15) is 9.18 Å². The van der Waals surface area contributed by atoms with Crippen LogP contribution in [0.15, 0.2) is 47.0 Å². The van der Waals surface area contributed by atoms with Crippen LogP contribution in [0.5, 0.6) is 11.5 Å². The lowest BCUT2D eigenvalue weighted by Gasteiger charge is -2.12. The summed E-state index contributed by atoms with van der Waals surface area (Å²) in [5, 5.41) is 6.42. The summed E-state index contributed by atoms with van der Waals surface area (Å²) in [4.78, 5) is 12.4. The Kier molecular flexibility index (Phi) is 5.40. The number of amides is 1. The van der Waals surface area contributed by atoms with Crippen molar-refractivity contribution in [3.8, 4) is 11.5 Å². The monoisotopic (exact) mass is 370 g/mol. The van der Waals surface area contributed by atoms with E-state index in [1.165, 1.54) is 19.2 Å². The number of nitrogens with zero attached hydrogens (tertiary/aromatic N) is 1. The van der Waals surface area contributed by atoms with E-state index in [0.717, 1.165) is 11.3 Å². The fourth-order valence-electron chi connectivity index (χ4n) is 2.54. The van der Waals surface area contributed by atoms with E-state index in [1.807, 2.05) is 13.8 Å². The van der Waals surface area contributed by atoms with Crippen LogP contribution >= 0.6 is 0 Å². The van der Waals surface area contributed by atoms with Gasteiger partial charge in [0.1, 0.15) is 18.2 Å². The number of ether oxygens (including phenoxy) is 2. The first kappa shape index (κ1) is 18.4. The predicted molar refractivity (Wildman–Crippen MR) is 97.7 cm³/mol. The van der Waals surface area contributed by atoms with Gasteiger partial charge in [0.2, 0.25) is 0 Å². The number of anilines is 1. The van der Waals surface area contributed by atoms with Crippen LogP contribution in [0.4, 0.5) is 10.1 Å². The third-order valence-corrected chi connectivity index (χ3v) is 4.10. The molecule has 0 aliphatic carbocycles. The van der Waals surface area contributed by atoms with Gasteiger partial charge in [-0.3, -0.25) is 4.79 Å². The number of halogens is 1. The second-order valence-electron chi connectivity index (χ2n) is 5.89. The maximum atomic E-state index is 13.7. The van der Waals surface area contributed by atoms with Crippen molar-refractivity contribution in [2.75, 3.05) is 12.4 Å². The summed E-state index contributed by atoms with van der Waals surface area (Å²) in [6, 6.07) is 10.7. The maximum absolute atomic E-state index is 13.7. The Hall–Kier alpha value is -3.35. The molecule has 0 saturated heterocycles. The highest BCUT2D eigenvalue weighted by molar-refractivity contribution is 6.04. The standard InChI is InChI=1S/C20H19FN2O4/c1-12-15(13(2)27-23-12)11-26-18-9-8-14(10-19(18)25-3)20(24)22-17-7-5-4-6-16(17)21/h4-10H,11H2,1-3H3,(H,22,24). The fourth-order valence-corrected chi connectivity index (χ4v) is 2.54.